The first kappa shape index (κ1) is 73.3. The van der Waals surface area contributed by atoms with Gasteiger partial charge in [0.15, 0.2) is 6.10 Å². The van der Waals surface area contributed by atoms with E-state index in [1.807, 2.05) is 0 Å². The Labute approximate surface area is 477 Å². The van der Waals surface area contributed by atoms with Gasteiger partial charge in [-0.25, -0.2) is 0 Å². The summed E-state index contributed by atoms with van der Waals surface area (Å²) in [5, 5.41) is 0. The van der Waals surface area contributed by atoms with Crippen molar-refractivity contribution in [3.63, 3.8) is 0 Å². The zero-order chi connectivity index (χ0) is 55.7. The molecular weight excluding hydrogens is 949 g/mol. The molecule has 6 heteroatoms. The second-order valence-electron chi connectivity index (χ2n) is 21.7. The number of rotatable bonds is 59. The number of carbonyl (C=O) groups is 3. The van der Waals surface area contributed by atoms with Crippen molar-refractivity contribution >= 4 is 17.9 Å². The maximum Gasteiger partial charge on any atom is 0.306 e. The van der Waals surface area contributed by atoms with Crippen molar-refractivity contribution in [1.82, 2.24) is 0 Å². The zero-order valence-corrected chi connectivity index (χ0v) is 50.7. The minimum absolute atomic E-state index is 0.0773. The Bertz CT molecular complexity index is 1510. The number of allylic oxidation sites excluding steroid dienone is 16. The molecule has 0 aromatic carbocycles. The molecule has 0 spiro atoms. The number of hydrogen-bond acceptors (Lipinski definition) is 6. The average Bonchev–Trinajstić information content (AvgIpc) is 3.43. The fourth-order valence-electron chi connectivity index (χ4n) is 9.23. The average molecular weight is 1070 g/mol. The van der Waals surface area contributed by atoms with E-state index < -0.39 is 6.10 Å². The van der Waals surface area contributed by atoms with E-state index in [9.17, 15) is 14.4 Å². The van der Waals surface area contributed by atoms with Gasteiger partial charge in [-0.2, -0.15) is 0 Å². The van der Waals surface area contributed by atoms with E-state index >= 15 is 0 Å². The maximum atomic E-state index is 12.9. The third-order valence-electron chi connectivity index (χ3n) is 14.1. The fourth-order valence-corrected chi connectivity index (χ4v) is 9.23. The molecule has 0 rings (SSSR count). The summed E-state index contributed by atoms with van der Waals surface area (Å²) in [7, 11) is 0. The van der Waals surface area contributed by atoms with Gasteiger partial charge in [-0.3, -0.25) is 14.4 Å². The SMILES string of the molecule is CC/C=C\C/C=C\C/C=C\C/C=C\C/C=C\C/C=C\C/C=C\C/C=C\CCCCCCCCC(=O)OCC(COC(=O)CCCCCCCCCCCCCCC)OC(=O)CCCCCCCCCCCCCCCCC. The smallest absolute Gasteiger partial charge is 0.306 e. The molecule has 1 unspecified atom stereocenters. The van der Waals surface area contributed by atoms with Crippen LogP contribution in [-0.4, -0.2) is 37.2 Å². The van der Waals surface area contributed by atoms with Gasteiger partial charge in [0.05, 0.1) is 0 Å². The van der Waals surface area contributed by atoms with E-state index in [2.05, 4.69) is 118 Å². The zero-order valence-electron chi connectivity index (χ0n) is 50.7. The van der Waals surface area contributed by atoms with Gasteiger partial charge in [0.25, 0.3) is 0 Å². The highest BCUT2D eigenvalue weighted by Gasteiger charge is 2.19. The fraction of sp³-hybridized carbons (Fsp3) is 0.732. The van der Waals surface area contributed by atoms with Crippen molar-refractivity contribution in [3.05, 3.63) is 97.2 Å². The first-order valence-electron chi connectivity index (χ1n) is 32.7. The minimum Gasteiger partial charge on any atom is -0.462 e. The van der Waals surface area contributed by atoms with Crippen molar-refractivity contribution in [2.45, 2.75) is 322 Å². The lowest BCUT2D eigenvalue weighted by Crippen LogP contribution is -2.30. The highest BCUT2D eigenvalue weighted by molar-refractivity contribution is 5.71. The van der Waals surface area contributed by atoms with Crippen molar-refractivity contribution in [2.75, 3.05) is 13.2 Å². The Kier molecular flexibility index (Phi) is 61.8. The Morgan fingerprint density at radius 2 is 0.506 bits per heavy atom. The first-order chi connectivity index (χ1) is 38.0. The number of unbranched alkanes of at least 4 members (excludes halogenated alkanes) is 32. The first-order valence-corrected chi connectivity index (χ1v) is 32.7. The molecule has 0 amide bonds. The molecule has 6 nitrogen and oxygen atoms in total. The van der Waals surface area contributed by atoms with Gasteiger partial charge >= 0.3 is 17.9 Å². The van der Waals surface area contributed by atoms with Gasteiger partial charge in [-0.05, 0) is 83.5 Å². The van der Waals surface area contributed by atoms with Gasteiger partial charge in [-0.1, -0.05) is 311 Å². The van der Waals surface area contributed by atoms with E-state index in [-0.39, 0.29) is 31.1 Å². The molecule has 1 atom stereocenters. The van der Waals surface area contributed by atoms with Crippen LogP contribution in [0.3, 0.4) is 0 Å². The van der Waals surface area contributed by atoms with Gasteiger partial charge in [0.1, 0.15) is 13.2 Å². The summed E-state index contributed by atoms with van der Waals surface area (Å²) in [5.41, 5.74) is 0. The van der Waals surface area contributed by atoms with Gasteiger partial charge in [0, 0.05) is 19.3 Å². The van der Waals surface area contributed by atoms with Crippen LogP contribution in [0.5, 0.6) is 0 Å². The standard InChI is InChI=1S/C71H122O6/c1-4-7-10-13-16-19-22-25-27-28-29-30-31-32-33-34-35-36-37-38-39-40-41-42-44-46-49-52-55-58-61-64-70(73)76-67-68(66-75-69(72)63-60-57-54-51-48-45-24-21-18-15-12-9-6-3)77-71(74)65-62-59-56-53-50-47-43-26-23-20-17-14-11-8-5-2/h7,10,16,19,25,27,29-30,32-33,35-36,38-39,41-42,68H,4-6,8-9,11-15,17-18,20-24,26,28,31,34,37,40,43-67H2,1-3H3/b10-7-,19-16-,27-25-,30-29-,33-32-,36-35-,39-38-,42-41-. The quantitative estimate of drug-likeness (QED) is 0.0261. The van der Waals surface area contributed by atoms with Crippen LogP contribution in [0.1, 0.15) is 316 Å². The van der Waals surface area contributed by atoms with E-state index in [0.29, 0.717) is 19.3 Å². The molecule has 0 aromatic rings. The van der Waals surface area contributed by atoms with Crippen LogP contribution < -0.4 is 0 Å². The molecule has 0 saturated carbocycles. The summed E-state index contributed by atoms with van der Waals surface area (Å²) in [5.74, 6) is -0.879. The summed E-state index contributed by atoms with van der Waals surface area (Å²) >= 11 is 0. The lowest BCUT2D eigenvalue weighted by molar-refractivity contribution is -0.167. The monoisotopic (exact) mass is 1070 g/mol. The molecule has 0 heterocycles. The molecule has 77 heavy (non-hydrogen) atoms. The Hall–Kier alpha value is -3.67. The summed E-state index contributed by atoms with van der Waals surface area (Å²) in [6.45, 7) is 6.55. The van der Waals surface area contributed by atoms with Gasteiger partial charge in [0.2, 0.25) is 0 Å². The molecule has 442 valence electrons. The van der Waals surface area contributed by atoms with Crippen molar-refractivity contribution in [3.8, 4) is 0 Å². The van der Waals surface area contributed by atoms with Crippen molar-refractivity contribution < 1.29 is 28.6 Å². The summed E-state index contributed by atoms with van der Waals surface area (Å²) in [4.78, 5) is 38.3. The molecule has 0 fully saturated rings. The largest absolute Gasteiger partial charge is 0.462 e. The van der Waals surface area contributed by atoms with Crippen LogP contribution in [0, 0.1) is 0 Å². The molecule has 0 N–H and O–H groups in total. The van der Waals surface area contributed by atoms with E-state index in [0.717, 1.165) is 122 Å². The number of ether oxygens (including phenoxy) is 3. The highest BCUT2D eigenvalue weighted by Crippen LogP contribution is 2.17. The minimum atomic E-state index is -0.781. The van der Waals surface area contributed by atoms with Crippen molar-refractivity contribution in [2.24, 2.45) is 0 Å². The molecule has 0 aliphatic carbocycles. The predicted molar refractivity (Wildman–Crippen MR) is 334 cm³/mol. The summed E-state index contributed by atoms with van der Waals surface area (Å²) in [6, 6.07) is 0. The van der Waals surface area contributed by atoms with Crippen LogP contribution in [-0.2, 0) is 28.6 Å². The van der Waals surface area contributed by atoms with E-state index in [1.165, 1.54) is 154 Å². The number of esters is 3. The second-order valence-corrected chi connectivity index (χ2v) is 21.7. The van der Waals surface area contributed by atoms with Crippen molar-refractivity contribution in [1.29, 1.82) is 0 Å². The molecule has 0 aliphatic heterocycles. The van der Waals surface area contributed by atoms with E-state index in [1.54, 1.807) is 0 Å². The van der Waals surface area contributed by atoms with Crippen LogP contribution >= 0.6 is 0 Å². The number of hydrogen-bond donors (Lipinski definition) is 0. The second kappa shape index (κ2) is 64.9. The predicted octanol–water partition coefficient (Wildman–Crippen LogP) is 22.4. The summed E-state index contributed by atoms with van der Waals surface area (Å²) < 4.78 is 16.9. The van der Waals surface area contributed by atoms with Crippen LogP contribution in [0.4, 0.5) is 0 Å². The molecular formula is C71H122O6. The summed E-state index contributed by atoms with van der Waals surface area (Å²) in [6.07, 6.45) is 87.0. The third kappa shape index (κ3) is 63.0. The Morgan fingerprint density at radius 3 is 0.792 bits per heavy atom. The Morgan fingerprint density at radius 1 is 0.273 bits per heavy atom. The molecule has 0 bridgehead atoms. The van der Waals surface area contributed by atoms with Gasteiger partial charge in [-0.15, -0.1) is 0 Å². The molecule has 0 aliphatic rings. The lowest BCUT2D eigenvalue weighted by Gasteiger charge is -2.18. The van der Waals surface area contributed by atoms with Crippen LogP contribution in [0.15, 0.2) is 97.2 Å². The lowest BCUT2D eigenvalue weighted by atomic mass is 10.0. The Balaban J connectivity index is 4.29. The van der Waals surface area contributed by atoms with Gasteiger partial charge < -0.3 is 14.2 Å². The van der Waals surface area contributed by atoms with Crippen LogP contribution in [0.25, 0.3) is 0 Å². The molecule has 0 saturated heterocycles. The number of carbonyl (C=O) groups excluding carboxylic acids is 3. The highest BCUT2D eigenvalue weighted by atomic mass is 16.6. The molecule has 0 radical (unpaired) electrons. The topological polar surface area (TPSA) is 78.9 Å². The van der Waals surface area contributed by atoms with Crippen LogP contribution in [0.2, 0.25) is 0 Å². The third-order valence-corrected chi connectivity index (χ3v) is 14.1. The normalized spacial score (nSPS) is 12.7. The molecule has 0 aromatic heterocycles. The maximum absolute atomic E-state index is 12.9. The van der Waals surface area contributed by atoms with E-state index in [4.69, 9.17) is 14.2 Å².